The number of fused-ring (bicyclic) bond motifs is 1. The molecule has 0 aromatic heterocycles. The summed E-state index contributed by atoms with van der Waals surface area (Å²) >= 11 is 0. The van der Waals surface area contributed by atoms with Crippen LogP contribution in [0.2, 0.25) is 0 Å². The van der Waals surface area contributed by atoms with Crippen LogP contribution in [0, 0.1) is 5.82 Å². The fourth-order valence-electron chi connectivity index (χ4n) is 2.36. The smallest absolute Gasteiger partial charge is 0.123 e. The molecule has 18 heavy (non-hydrogen) atoms. The minimum Gasteiger partial charge on any atom is -0.284 e. The summed E-state index contributed by atoms with van der Waals surface area (Å²) in [6.07, 6.45) is 1.90. The van der Waals surface area contributed by atoms with E-state index >= 15 is 0 Å². The number of aliphatic imine (C=N–C) groups is 1. The van der Waals surface area contributed by atoms with Crippen molar-refractivity contribution < 1.29 is 4.39 Å². The average Bonchev–Trinajstić information content (AvgIpc) is 2.80. The van der Waals surface area contributed by atoms with Crippen molar-refractivity contribution in [3.05, 3.63) is 71.0 Å². The van der Waals surface area contributed by atoms with Crippen molar-refractivity contribution >= 4 is 5.71 Å². The van der Waals surface area contributed by atoms with E-state index in [4.69, 9.17) is 0 Å². The first-order valence-corrected chi connectivity index (χ1v) is 6.19. The minimum atomic E-state index is -0.178. The Morgan fingerprint density at radius 1 is 1.00 bits per heavy atom. The molecule has 0 aliphatic heterocycles. The van der Waals surface area contributed by atoms with Crippen molar-refractivity contribution in [2.45, 2.75) is 19.4 Å². The fraction of sp³-hybridized carbons (Fsp3) is 0.188. The van der Waals surface area contributed by atoms with Gasteiger partial charge in [0.05, 0.1) is 6.54 Å². The molecule has 2 aromatic carbocycles. The molecule has 0 amide bonds. The van der Waals surface area contributed by atoms with E-state index in [1.807, 2.05) is 24.3 Å². The Balaban J connectivity index is 1.86. The van der Waals surface area contributed by atoms with E-state index in [0.29, 0.717) is 6.54 Å². The quantitative estimate of drug-likeness (QED) is 0.756. The lowest BCUT2D eigenvalue weighted by Crippen LogP contribution is -1.96. The van der Waals surface area contributed by atoms with Crippen molar-refractivity contribution in [3.8, 4) is 0 Å². The summed E-state index contributed by atoms with van der Waals surface area (Å²) < 4.78 is 13.2. The van der Waals surface area contributed by atoms with Crippen LogP contribution in [0.15, 0.2) is 53.5 Å². The van der Waals surface area contributed by atoms with E-state index in [0.717, 1.165) is 24.1 Å². The zero-order chi connectivity index (χ0) is 12.4. The highest BCUT2D eigenvalue weighted by molar-refractivity contribution is 6.04. The van der Waals surface area contributed by atoms with E-state index in [1.165, 1.54) is 17.2 Å². The lowest BCUT2D eigenvalue weighted by Gasteiger charge is -2.01. The van der Waals surface area contributed by atoms with Crippen molar-refractivity contribution in [1.29, 1.82) is 0 Å². The molecule has 1 aliphatic carbocycles. The molecule has 3 rings (SSSR count). The number of hydrogen-bond donors (Lipinski definition) is 0. The second kappa shape index (κ2) is 4.73. The van der Waals surface area contributed by atoms with E-state index in [2.05, 4.69) is 17.1 Å². The molecular weight excluding hydrogens is 225 g/mol. The standard InChI is InChI=1S/C16H14FN/c17-14-8-6-13-7-9-16(15(13)10-14)18-11-12-4-2-1-3-5-12/h1-6,8,10H,7,9,11H2. The number of benzene rings is 2. The van der Waals surface area contributed by atoms with Crippen LogP contribution in [0.3, 0.4) is 0 Å². The molecule has 0 spiro atoms. The Morgan fingerprint density at radius 2 is 1.83 bits per heavy atom. The molecule has 0 saturated carbocycles. The molecule has 0 bridgehead atoms. The summed E-state index contributed by atoms with van der Waals surface area (Å²) in [6, 6.07) is 15.1. The zero-order valence-corrected chi connectivity index (χ0v) is 10.1. The van der Waals surface area contributed by atoms with Crippen molar-refractivity contribution in [2.75, 3.05) is 0 Å². The van der Waals surface area contributed by atoms with Crippen LogP contribution >= 0.6 is 0 Å². The number of hydrogen-bond acceptors (Lipinski definition) is 1. The zero-order valence-electron chi connectivity index (χ0n) is 10.1. The summed E-state index contributed by atoms with van der Waals surface area (Å²) in [7, 11) is 0. The van der Waals surface area contributed by atoms with Gasteiger partial charge in [0.25, 0.3) is 0 Å². The van der Waals surface area contributed by atoms with Gasteiger partial charge >= 0.3 is 0 Å². The van der Waals surface area contributed by atoms with Crippen molar-refractivity contribution in [3.63, 3.8) is 0 Å². The Kier molecular flexibility index (Phi) is 2.93. The SMILES string of the molecule is Fc1ccc2c(c1)C(=NCc1ccccc1)CC2. The topological polar surface area (TPSA) is 12.4 Å². The van der Waals surface area contributed by atoms with Crippen LogP contribution in [0.1, 0.15) is 23.1 Å². The summed E-state index contributed by atoms with van der Waals surface area (Å²) in [6.45, 7) is 0.673. The molecule has 0 saturated heterocycles. The van der Waals surface area contributed by atoms with Gasteiger partial charge in [-0.25, -0.2) is 4.39 Å². The summed E-state index contributed by atoms with van der Waals surface area (Å²) in [5.41, 5.74) is 4.43. The van der Waals surface area contributed by atoms with Gasteiger partial charge in [0.15, 0.2) is 0 Å². The largest absolute Gasteiger partial charge is 0.284 e. The van der Waals surface area contributed by atoms with E-state index in [9.17, 15) is 4.39 Å². The van der Waals surface area contributed by atoms with Gasteiger partial charge in [-0.05, 0) is 36.1 Å². The number of halogens is 1. The molecule has 0 heterocycles. The van der Waals surface area contributed by atoms with Gasteiger partial charge in [-0.15, -0.1) is 0 Å². The Labute approximate surface area is 106 Å². The van der Waals surface area contributed by atoms with Crippen LogP contribution in [-0.2, 0) is 13.0 Å². The van der Waals surface area contributed by atoms with Crippen molar-refractivity contribution in [2.24, 2.45) is 4.99 Å². The van der Waals surface area contributed by atoms with Gasteiger partial charge in [0.2, 0.25) is 0 Å². The highest BCUT2D eigenvalue weighted by Crippen LogP contribution is 2.23. The van der Waals surface area contributed by atoms with Gasteiger partial charge in [-0.2, -0.15) is 0 Å². The van der Waals surface area contributed by atoms with E-state index < -0.39 is 0 Å². The predicted octanol–water partition coefficient (Wildman–Crippen LogP) is 3.76. The van der Waals surface area contributed by atoms with Gasteiger partial charge in [-0.1, -0.05) is 36.4 Å². The molecule has 0 N–H and O–H groups in total. The fourth-order valence-corrected chi connectivity index (χ4v) is 2.36. The van der Waals surface area contributed by atoms with Crippen LogP contribution in [0.25, 0.3) is 0 Å². The summed E-state index contributed by atoms with van der Waals surface area (Å²) in [4.78, 5) is 4.63. The van der Waals surface area contributed by atoms with Gasteiger partial charge in [-0.3, -0.25) is 4.99 Å². The highest BCUT2D eigenvalue weighted by atomic mass is 19.1. The van der Waals surface area contributed by atoms with Crippen LogP contribution in [-0.4, -0.2) is 5.71 Å². The van der Waals surface area contributed by atoms with Gasteiger partial charge in [0, 0.05) is 11.3 Å². The molecular formula is C16H14FN. The second-order valence-corrected chi connectivity index (χ2v) is 4.55. The summed E-state index contributed by atoms with van der Waals surface area (Å²) in [5.74, 6) is -0.178. The van der Waals surface area contributed by atoms with Gasteiger partial charge in [0.1, 0.15) is 5.82 Å². The third-order valence-electron chi connectivity index (χ3n) is 3.31. The Bertz CT molecular complexity index is 587. The lowest BCUT2D eigenvalue weighted by molar-refractivity contribution is 0.627. The van der Waals surface area contributed by atoms with E-state index in [-0.39, 0.29) is 5.82 Å². The molecule has 1 aliphatic rings. The Hall–Kier alpha value is -1.96. The van der Waals surface area contributed by atoms with Gasteiger partial charge < -0.3 is 0 Å². The van der Waals surface area contributed by atoms with Crippen molar-refractivity contribution in [1.82, 2.24) is 0 Å². The number of nitrogens with zero attached hydrogens (tertiary/aromatic N) is 1. The van der Waals surface area contributed by atoms with E-state index in [1.54, 1.807) is 6.07 Å². The number of aryl methyl sites for hydroxylation is 1. The normalized spacial score (nSPS) is 15.9. The Morgan fingerprint density at radius 3 is 2.67 bits per heavy atom. The maximum Gasteiger partial charge on any atom is 0.123 e. The number of rotatable bonds is 2. The summed E-state index contributed by atoms with van der Waals surface area (Å²) in [5, 5.41) is 0. The first-order valence-electron chi connectivity index (χ1n) is 6.19. The second-order valence-electron chi connectivity index (χ2n) is 4.55. The van der Waals surface area contributed by atoms with Crippen LogP contribution < -0.4 is 0 Å². The maximum absolute atomic E-state index is 13.2. The molecule has 0 fully saturated rings. The third-order valence-corrected chi connectivity index (χ3v) is 3.31. The monoisotopic (exact) mass is 239 g/mol. The molecule has 1 nitrogen and oxygen atoms in total. The predicted molar refractivity (Wildman–Crippen MR) is 71.4 cm³/mol. The molecule has 0 radical (unpaired) electrons. The highest BCUT2D eigenvalue weighted by Gasteiger charge is 2.17. The first kappa shape index (κ1) is 11.1. The molecule has 0 atom stereocenters. The molecule has 2 heteroatoms. The average molecular weight is 239 g/mol. The maximum atomic E-state index is 13.2. The van der Waals surface area contributed by atoms with Crippen LogP contribution in [0.5, 0.6) is 0 Å². The lowest BCUT2D eigenvalue weighted by atomic mass is 10.1. The third kappa shape index (κ3) is 2.19. The molecule has 2 aromatic rings. The minimum absolute atomic E-state index is 0.178. The van der Waals surface area contributed by atoms with Crippen LogP contribution in [0.4, 0.5) is 4.39 Å². The first-order chi connectivity index (χ1) is 8.83. The molecule has 0 unspecified atom stereocenters. The molecule has 90 valence electrons.